The molecule has 114 valence electrons. The molecule has 1 unspecified atom stereocenters. The first-order chi connectivity index (χ1) is 10.1. The summed E-state index contributed by atoms with van der Waals surface area (Å²) in [5, 5.41) is 0. The highest BCUT2D eigenvalue weighted by atomic mass is 16.2. The lowest BCUT2D eigenvalue weighted by atomic mass is 9.98. The number of hydrazine groups is 1. The molecule has 2 heterocycles. The second-order valence-electron chi connectivity index (χ2n) is 5.40. The van der Waals surface area contributed by atoms with Gasteiger partial charge in [0.25, 0.3) is 5.91 Å². The molecule has 21 heavy (non-hydrogen) atoms. The van der Waals surface area contributed by atoms with Crippen molar-refractivity contribution in [2.45, 2.75) is 39.2 Å². The number of hydrogen-bond acceptors (Lipinski definition) is 4. The summed E-state index contributed by atoms with van der Waals surface area (Å²) in [6.45, 7) is 3.37. The van der Waals surface area contributed by atoms with Crippen LogP contribution >= 0.6 is 0 Å². The Kier molecular flexibility index (Phi) is 5.27. The molecular weight excluding hydrogens is 268 g/mol. The standard InChI is InChI=1S/C15H22N4O2/c1-2-11-6-7-14(20)19(9-8-11)10-12-4-3-5-13(17-12)15(21)18-16/h3-5,11H,2,6-10,16H2,1H3,(H,18,21). The van der Waals surface area contributed by atoms with Gasteiger partial charge in [0.1, 0.15) is 5.69 Å². The zero-order valence-corrected chi connectivity index (χ0v) is 12.3. The molecule has 1 aliphatic heterocycles. The molecule has 6 heteroatoms. The fourth-order valence-electron chi connectivity index (χ4n) is 2.63. The van der Waals surface area contributed by atoms with E-state index in [0.29, 0.717) is 24.6 Å². The number of rotatable bonds is 4. The van der Waals surface area contributed by atoms with Crippen LogP contribution in [0.1, 0.15) is 48.8 Å². The average Bonchev–Trinajstić information content (AvgIpc) is 2.69. The molecule has 0 radical (unpaired) electrons. The molecule has 1 atom stereocenters. The van der Waals surface area contributed by atoms with Crippen LogP contribution in [0.2, 0.25) is 0 Å². The van der Waals surface area contributed by atoms with Crippen LogP contribution in [-0.4, -0.2) is 28.2 Å². The number of carbonyl (C=O) groups excluding carboxylic acids is 2. The molecule has 2 rings (SSSR count). The molecule has 3 N–H and O–H groups in total. The summed E-state index contributed by atoms with van der Waals surface area (Å²) in [4.78, 5) is 29.7. The maximum atomic E-state index is 12.2. The van der Waals surface area contributed by atoms with Gasteiger partial charge in [-0.3, -0.25) is 15.0 Å². The first-order valence-electron chi connectivity index (χ1n) is 7.38. The summed E-state index contributed by atoms with van der Waals surface area (Å²) in [5.41, 5.74) is 3.04. The number of pyridine rings is 1. The molecule has 6 nitrogen and oxygen atoms in total. The molecular formula is C15H22N4O2. The van der Waals surface area contributed by atoms with Gasteiger partial charge in [0.15, 0.2) is 0 Å². The van der Waals surface area contributed by atoms with Gasteiger partial charge in [-0.05, 0) is 30.9 Å². The molecule has 0 aliphatic carbocycles. The van der Waals surface area contributed by atoms with Crippen LogP contribution in [0, 0.1) is 5.92 Å². The quantitative estimate of drug-likeness (QED) is 0.496. The molecule has 1 aromatic rings. The number of aromatic nitrogens is 1. The predicted molar refractivity (Wildman–Crippen MR) is 78.9 cm³/mol. The van der Waals surface area contributed by atoms with E-state index in [4.69, 9.17) is 5.84 Å². The van der Waals surface area contributed by atoms with E-state index in [9.17, 15) is 9.59 Å². The Balaban J connectivity index is 2.06. The van der Waals surface area contributed by atoms with E-state index in [1.54, 1.807) is 12.1 Å². The van der Waals surface area contributed by atoms with Gasteiger partial charge in [0, 0.05) is 13.0 Å². The Labute approximate surface area is 124 Å². The number of carbonyl (C=O) groups is 2. The number of likely N-dealkylation sites (tertiary alicyclic amines) is 1. The first kappa shape index (κ1) is 15.4. The van der Waals surface area contributed by atoms with Crippen LogP contribution in [0.15, 0.2) is 18.2 Å². The minimum Gasteiger partial charge on any atom is -0.337 e. The van der Waals surface area contributed by atoms with Gasteiger partial charge in [-0.25, -0.2) is 10.8 Å². The number of amides is 2. The van der Waals surface area contributed by atoms with Crippen LogP contribution in [0.25, 0.3) is 0 Å². The lowest BCUT2D eigenvalue weighted by Gasteiger charge is -2.20. The Morgan fingerprint density at radius 3 is 3.00 bits per heavy atom. The van der Waals surface area contributed by atoms with Crippen LogP contribution in [-0.2, 0) is 11.3 Å². The van der Waals surface area contributed by atoms with Crippen molar-refractivity contribution in [2.75, 3.05) is 6.54 Å². The topological polar surface area (TPSA) is 88.3 Å². The maximum Gasteiger partial charge on any atom is 0.283 e. The third-order valence-corrected chi connectivity index (χ3v) is 4.03. The number of nitrogens with zero attached hydrogens (tertiary/aromatic N) is 2. The Morgan fingerprint density at radius 2 is 2.29 bits per heavy atom. The molecule has 0 saturated carbocycles. The second-order valence-corrected chi connectivity index (χ2v) is 5.40. The van der Waals surface area contributed by atoms with Crippen molar-refractivity contribution in [3.63, 3.8) is 0 Å². The fourth-order valence-corrected chi connectivity index (χ4v) is 2.63. The van der Waals surface area contributed by atoms with Crippen molar-refractivity contribution in [3.05, 3.63) is 29.6 Å². The molecule has 0 bridgehead atoms. The van der Waals surface area contributed by atoms with E-state index >= 15 is 0 Å². The summed E-state index contributed by atoms with van der Waals surface area (Å²) in [6.07, 6.45) is 3.72. The minimum absolute atomic E-state index is 0.168. The molecule has 1 aliphatic rings. The van der Waals surface area contributed by atoms with Crippen LogP contribution in [0.3, 0.4) is 0 Å². The van der Waals surface area contributed by atoms with Gasteiger partial charge in [0.05, 0.1) is 12.2 Å². The van der Waals surface area contributed by atoms with Crippen LogP contribution in [0.5, 0.6) is 0 Å². The van der Waals surface area contributed by atoms with Gasteiger partial charge in [-0.2, -0.15) is 0 Å². The minimum atomic E-state index is -0.426. The monoisotopic (exact) mass is 290 g/mol. The van der Waals surface area contributed by atoms with Gasteiger partial charge in [-0.1, -0.05) is 19.4 Å². The van der Waals surface area contributed by atoms with Gasteiger partial charge < -0.3 is 4.90 Å². The third-order valence-electron chi connectivity index (χ3n) is 4.03. The van der Waals surface area contributed by atoms with Gasteiger partial charge >= 0.3 is 0 Å². The normalized spacial score (nSPS) is 19.2. The molecule has 0 aromatic carbocycles. The highest BCUT2D eigenvalue weighted by molar-refractivity contribution is 5.91. The van der Waals surface area contributed by atoms with E-state index in [-0.39, 0.29) is 11.6 Å². The highest BCUT2D eigenvalue weighted by Gasteiger charge is 2.22. The predicted octanol–water partition coefficient (Wildman–Crippen LogP) is 1.22. The Morgan fingerprint density at radius 1 is 1.48 bits per heavy atom. The summed E-state index contributed by atoms with van der Waals surface area (Å²) < 4.78 is 0. The summed E-state index contributed by atoms with van der Waals surface area (Å²) in [5.74, 6) is 5.48. The molecule has 1 fully saturated rings. The van der Waals surface area contributed by atoms with Gasteiger partial charge in [0.2, 0.25) is 5.91 Å². The number of nitrogens with two attached hydrogens (primary N) is 1. The van der Waals surface area contributed by atoms with E-state index in [1.165, 1.54) is 0 Å². The summed E-state index contributed by atoms with van der Waals surface area (Å²) in [7, 11) is 0. The van der Waals surface area contributed by atoms with Crippen LogP contribution in [0.4, 0.5) is 0 Å². The van der Waals surface area contributed by atoms with Crippen molar-refractivity contribution < 1.29 is 9.59 Å². The number of hydrogen-bond donors (Lipinski definition) is 2. The third kappa shape index (κ3) is 4.01. The van der Waals surface area contributed by atoms with E-state index in [0.717, 1.165) is 25.8 Å². The molecule has 2 amide bonds. The van der Waals surface area contributed by atoms with E-state index < -0.39 is 5.91 Å². The highest BCUT2D eigenvalue weighted by Crippen LogP contribution is 2.22. The summed E-state index contributed by atoms with van der Waals surface area (Å²) in [6, 6.07) is 5.18. The SMILES string of the molecule is CCC1CCC(=O)N(Cc2cccc(C(=O)NN)n2)CC1. The van der Waals surface area contributed by atoms with E-state index in [1.807, 2.05) is 11.0 Å². The van der Waals surface area contributed by atoms with Crippen molar-refractivity contribution in [1.82, 2.24) is 15.3 Å². The summed E-state index contributed by atoms with van der Waals surface area (Å²) >= 11 is 0. The average molecular weight is 290 g/mol. The van der Waals surface area contributed by atoms with Crippen molar-refractivity contribution in [2.24, 2.45) is 11.8 Å². The Bertz CT molecular complexity index is 518. The van der Waals surface area contributed by atoms with Crippen molar-refractivity contribution in [1.29, 1.82) is 0 Å². The zero-order chi connectivity index (χ0) is 15.2. The molecule has 1 saturated heterocycles. The first-order valence-corrected chi connectivity index (χ1v) is 7.38. The molecule has 1 aromatic heterocycles. The number of nitrogens with one attached hydrogen (secondary N) is 1. The number of nitrogen functional groups attached to an aromatic ring is 1. The largest absolute Gasteiger partial charge is 0.337 e. The lowest BCUT2D eigenvalue weighted by Crippen LogP contribution is -2.32. The van der Waals surface area contributed by atoms with E-state index in [2.05, 4.69) is 17.3 Å². The molecule has 0 spiro atoms. The Hall–Kier alpha value is -1.95. The van der Waals surface area contributed by atoms with Crippen molar-refractivity contribution in [3.8, 4) is 0 Å². The second kappa shape index (κ2) is 7.17. The van der Waals surface area contributed by atoms with Crippen LogP contribution < -0.4 is 11.3 Å². The zero-order valence-electron chi connectivity index (χ0n) is 12.3. The fraction of sp³-hybridized carbons (Fsp3) is 0.533. The van der Waals surface area contributed by atoms with Gasteiger partial charge in [-0.15, -0.1) is 0 Å². The van der Waals surface area contributed by atoms with Crippen molar-refractivity contribution >= 4 is 11.8 Å². The smallest absolute Gasteiger partial charge is 0.283 e. The lowest BCUT2D eigenvalue weighted by molar-refractivity contribution is -0.131. The maximum absolute atomic E-state index is 12.2.